The van der Waals surface area contributed by atoms with Gasteiger partial charge in [0, 0.05) is 0 Å². The lowest BCUT2D eigenvalue weighted by Crippen LogP contribution is -2.60. The van der Waals surface area contributed by atoms with Crippen molar-refractivity contribution >= 4 is 0 Å². The summed E-state index contributed by atoms with van der Waals surface area (Å²) in [4.78, 5) is 0. The Bertz CT molecular complexity index is 683. The van der Waals surface area contributed by atoms with Gasteiger partial charge < -0.3 is 59.8 Å². The fourth-order valence-corrected chi connectivity index (χ4v) is 3.35. The number of hydrogen-bond acceptors (Lipinski definition) is 12. The summed E-state index contributed by atoms with van der Waals surface area (Å²) in [6.45, 7) is -1.17. The smallest absolute Gasteiger partial charge is 0.229 e. The van der Waals surface area contributed by atoms with Crippen LogP contribution in [-0.2, 0) is 20.8 Å². The van der Waals surface area contributed by atoms with E-state index >= 15 is 0 Å². The Kier molecular flexibility index (Phi) is 8.18. The summed E-state index contributed by atoms with van der Waals surface area (Å²) < 4.78 is 21.5. The maximum absolute atomic E-state index is 10.0. The first-order valence-corrected chi connectivity index (χ1v) is 9.75. The first-order valence-electron chi connectivity index (χ1n) is 9.75. The van der Waals surface area contributed by atoms with Crippen molar-refractivity contribution in [2.75, 3.05) is 13.2 Å². The van der Waals surface area contributed by atoms with E-state index in [1.807, 2.05) is 0 Å². The molecular weight excluding hydrogens is 420 g/mol. The van der Waals surface area contributed by atoms with E-state index in [9.17, 15) is 40.9 Å². The second-order valence-corrected chi connectivity index (χ2v) is 7.47. The van der Waals surface area contributed by atoms with Crippen molar-refractivity contribution in [3.05, 3.63) is 29.8 Å². The molecule has 0 aliphatic carbocycles. The monoisotopic (exact) mass is 448 g/mol. The molecule has 0 bridgehead atoms. The third-order valence-corrected chi connectivity index (χ3v) is 5.29. The van der Waals surface area contributed by atoms with Crippen molar-refractivity contribution in [2.24, 2.45) is 0 Å². The van der Waals surface area contributed by atoms with E-state index in [1.54, 1.807) is 12.1 Å². The van der Waals surface area contributed by atoms with Gasteiger partial charge in [0.05, 0.1) is 19.8 Å². The summed E-state index contributed by atoms with van der Waals surface area (Å²) >= 11 is 0. The van der Waals surface area contributed by atoms with Gasteiger partial charge in [-0.05, 0) is 17.7 Å². The second kappa shape index (κ2) is 10.5. The average Bonchev–Trinajstić information content (AvgIpc) is 2.78. The van der Waals surface area contributed by atoms with Gasteiger partial charge in [0.25, 0.3) is 0 Å². The van der Waals surface area contributed by atoms with E-state index in [-0.39, 0.29) is 12.4 Å². The van der Waals surface area contributed by atoms with Crippen LogP contribution in [0.15, 0.2) is 24.3 Å². The molecule has 1 aromatic carbocycles. The van der Waals surface area contributed by atoms with Crippen molar-refractivity contribution in [1.29, 1.82) is 0 Å². The molecule has 2 saturated heterocycles. The van der Waals surface area contributed by atoms with Crippen LogP contribution in [0.1, 0.15) is 5.56 Å². The molecule has 0 amide bonds. The topological polar surface area (TPSA) is 199 Å². The highest BCUT2D eigenvalue weighted by atomic mass is 16.7. The van der Waals surface area contributed by atoms with Crippen LogP contribution in [0.3, 0.4) is 0 Å². The molecule has 0 aromatic heterocycles. The number of aliphatic hydroxyl groups excluding tert-OH is 8. The number of benzene rings is 1. The quantitative estimate of drug-likeness (QED) is 0.203. The molecule has 0 radical (unpaired) electrons. The zero-order valence-corrected chi connectivity index (χ0v) is 16.4. The van der Waals surface area contributed by atoms with Gasteiger partial charge in [0.15, 0.2) is 6.29 Å². The van der Waals surface area contributed by atoms with Gasteiger partial charge >= 0.3 is 0 Å². The largest absolute Gasteiger partial charge is 0.462 e. The molecule has 12 nitrogen and oxygen atoms in total. The highest BCUT2D eigenvalue weighted by molar-refractivity contribution is 5.27. The van der Waals surface area contributed by atoms with E-state index in [1.165, 1.54) is 12.1 Å². The van der Waals surface area contributed by atoms with Crippen molar-refractivity contribution in [3.8, 4) is 5.75 Å². The van der Waals surface area contributed by atoms with Gasteiger partial charge in [-0.2, -0.15) is 0 Å². The summed E-state index contributed by atoms with van der Waals surface area (Å²) in [5.41, 5.74) is 0.623. The zero-order valence-electron chi connectivity index (χ0n) is 16.4. The number of aliphatic hydroxyl groups is 8. The van der Waals surface area contributed by atoms with Gasteiger partial charge in [-0.15, -0.1) is 0 Å². The van der Waals surface area contributed by atoms with E-state index < -0.39 is 74.6 Å². The molecule has 31 heavy (non-hydrogen) atoms. The molecule has 0 saturated carbocycles. The van der Waals surface area contributed by atoms with Crippen LogP contribution in [0.5, 0.6) is 5.75 Å². The summed E-state index contributed by atoms with van der Waals surface area (Å²) in [6.07, 6.45) is -13.8. The minimum atomic E-state index is -1.55. The predicted molar refractivity (Wildman–Crippen MR) is 99.4 cm³/mol. The van der Waals surface area contributed by atoms with E-state index in [2.05, 4.69) is 0 Å². The molecule has 10 atom stereocenters. The minimum Gasteiger partial charge on any atom is -0.462 e. The van der Waals surface area contributed by atoms with Crippen LogP contribution < -0.4 is 4.74 Å². The van der Waals surface area contributed by atoms with Gasteiger partial charge in [-0.1, -0.05) is 12.1 Å². The van der Waals surface area contributed by atoms with Crippen molar-refractivity contribution in [3.63, 3.8) is 0 Å². The molecule has 2 aliphatic rings. The maximum Gasteiger partial charge on any atom is 0.229 e. The van der Waals surface area contributed by atoms with Gasteiger partial charge in [0.2, 0.25) is 6.29 Å². The Balaban J connectivity index is 1.56. The molecule has 0 spiro atoms. The minimum absolute atomic E-state index is 0.0387. The third-order valence-electron chi connectivity index (χ3n) is 5.29. The van der Waals surface area contributed by atoms with Crippen LogP contribution in [0.25, 0.3) is 0 Å². The van der Waals surface area contributed by atoms with Gasteiger partial charge in [0.1, 0.15) is 54.6 Å². The molecule has 176 valence electrons. The maximum atomic E-state index is 10.0. The standard InChI is InChI=1S/C19H28O12/c20-5-10-12(22)14(24)16(26)18(30-10)28-7-8-1-3-9(4-2-8)29-19-17(27)15(25)13(23)11(6-21)31-19/h1-4,10-27H,5-7H2/t10?,11?,12-,13+,14+,15+,16?,17?,18-,19+/m1/s1. The average molecular weight is 448 g/mol. The molecule has 12 heteroatoms. The van der Waals surface area contributed by atoms with Crippen LogP contribution >= 0.6 is 0 Å². The lowest BCUT2D eigenvalue weighted by Gasteiger charge is -2.39. The predicted octanol–water partition coefficient (Wildman–Crippen LogP) is -3.82. The molecule has 8 N–H and O–H groups in total. The van der Waals surface area contributed by atoms with Crippen LogP contribution in [0.2, 0.25) is 0 Å². The SMILES string of the molecule is OCC1O[C@@H](OCc2ccc(O[C@H]3OC(CO)[C@H](O)[C@H](O)C3O)cc2)C(O)[C@@H](O)[C@@H]1O. The van der Waals surface area contributed by atoms with Crippen LogP contribution in [0.4, 0.5) is 0 Å². The Morgan fingerprint density at radius 2 is 1.13 bits per heavy atom. The Morgan fingerprint density at radius 1 is 0.645 bits per heavy atom. The molecular formula is C19H28O12. The third kappa shape index (κ3) is 5.32. The Hall–Kier alpha value is -1.42. The summed E-state index contributed by atoms with van der Waals surface area (Å²) in [5.74, 6) is 0.265. The Labute approximate surface area is 177 Å². The summed E-state index contributed by atoms with van der Waals surface area (Å²) in [5, 5.41) is 77.6. The van der Waals surface area contributed by atoms with Crippen molar-refractivity contribution < 1.29 is 59.8 Å². The van der Waals surface area contributed by atoms with Crippen molar-refractivity contribution in [1.82, 2.24) is 0 Å². The lowest BCUT2D eigenvalue weighted by molar-refractivity contribution is -0.304. The van der Waals surface area contributed by atoms with E-state index in [0.29, 0.717) is 5.56 Å². The second-order valence-electron chi connectivity index (χ2n) is 7.47. The number of rotatable bonds is 7. The molecule has 2 aliphatic heterocycles. The zero-order chi connectivity index (χ0) is 22.7. The highest BCUT2D eigenvalue weighted by Gasteiger charge is 2.45. The van der Waals surface area contributed by atoms with Gasteiger partial charge in [-0.3, -0.25) is 0 Å². The van der Waals surface area contributed by atoms with E-state index in [0.717, 1.165) is 0 Å². The first kappa shape index (κ1) is 24.2. The number of ether oxygens (including phenoxy) is 4. The van der Waals surface area contributed by atoms with E-state index in [4.69, 9.17) is 18.9 Å². The molecule has 1 aromatic rings. The number of hydrogen-bond donors (Lipinski definition) is 8. The van der Waals surface area contributed by atoms with Gasteiger partial charge in [-0.25, -0.2) is 0 Å². The summed E-state index contributed by atoms with van der Waals surface area (Å²) in [7, 11) is 0. The normalized spacial score (nSPS) is 41.2. The fourth-order valence-electron chi connectivity index (χ4n) is 3.35. The van der Waals surface area contributed by atoms with Crippen molar-refractivity contribution in [2.45, 2.75) is 68.0 Å². The lowest BCUT2D eigenvalue weighted by atomic mass is 9.99. The molecule has 2 heterocycles. The van der Waals surface area contributed by atoms with Crippen LogP contribution in [-0.4, -0.2) is 115 Å². The highest BCUT2D eigenvalue weighted by Crippen LogP contribution is 2.26. The molecule has 3 rings (SSSR count). The molecule has 2 fully saturated rings. The molecule has 4 unspecified atom stereocenters. The summed E-state index contributed by atoms with van der Waals surface area (Å²) in [6, 6.07) is 6.24. The Morgan fingerprint density at radius 3 is 1.65 bits per heavy atom. The fraction of sp³-hybridized carbons (Fsp3) is 0.684. The first-order chi connectivity index (χ1) is 14.8. The van der Waals surface area contributed by atoms with Crippen LogP contribution in [0, 0.1) is 0 Å².